The third-order valence-electron chi connectivity index (χ3n) is 2.12. The van der Waals surface area contributed by atoms with Crippen LogP contribution in [0.3, 0.4) is 0 Å². The lowest BCUT2D eigenvalue weighted by Gasteiger charge is -2.20. The second-order valence-corrected chi connectivity index (χ2v) is 4.86. The van der Waals surface area contributed by atoms with Gasteiger partial charge in [0, 0.05) is 23.8 Å². The molecule has 0 aromatic heterocycles. The Morgan fingerprint density at radius 3 is 2.53 bits per heavy atom. The molecule has 0 spiro atoms. The molecule has 0 saturated heterocycles. The maximum absolute atomic E-state index is 11.5. The number of benzene rings is 1. The van der Waals surface area contributed by atoms with Gasteiger partial charge in [-0.25, -0.2) is 4.79 Å². The van der Waals surface area contributed by atoms with Gasteiger partial charge in [-0.05, 0) is 26.8 Å². The SMILES string of the molecule is CNc1ccccc1COC(=O)NC(C)(C)C. The van der Waals surface area contributed by atoms with E-state index in [0.29, 0.717) is 0 Å². The first-order chi connectivity index (χ1) is 7.92. The number of nitrogens with one attached hydrogen (secondary N) is 2. The number of rotatable bonds is 3. The molecule has 2 N–H and O–H groups in total. The molecule has 4 heteroatoms. The topological polar surface area (TPSA) is 50.4 Å². The molecule has 0 radical (unpaired) electrons. The van der Waals surface area contributed by atoms with Crippen LogP contribution in [0.5, 0.6) is 0 Å². The van der Waals surface area contributed by atoms with Crippen LogP contribution < -0.4 is 10.6 Å². The summed E-state index contributed by atoms with van der Waals surface area (Å²) in [6.07, 6.45) is -0.400. The zero-order valence-corrected chi connectivity index (χ0v) is 10.8. The molecule has 4 nitrogen and oxygen atoms in total. The van der Waals surface area contributed by atoms with E-state index >= 15 is 0 Å². The fourth-order valence-electron chi connectivity index (χ4n) is 1.38. The summed E-state index contributed by atoms with van der Waals surface area (Å²) < 4.78 is 5.16. The molecular weight excluding hydrogens is 216 g/mol. The molecule has 0 bridgehead atoms. The number of para-hydroxylation sites is 1. The molecule has 17 heavy (non-hydrogen) atoms. The minimum atomic E-state index is -0.400. The third kappa shape index (κ3) is 4.76. The molecule has 0 atom stereocenters. The summed E-state index contributed by atoms with van der Waals surface area (Å²) in [5.74, 6) is 0. The van der Waals surface area contributed by atoms with Gasteiger partial charge < -0.3 is 15.4 Å². The molecule has 1 aromatic rings. The summed E-state index contributed by atoms with van der Waals surface area (Å²) in [5, 5.41) is 5.80. The van der Waals surface area contributed by atoms with Crippen molar-refractivity contribution >= 4 is 11.8 Å². The van der Waals surface area contributed by atoms with E-state index in [1.165, 1.54) is 0 Å². The first kappa shape index (κ1) is 13.4. The van der Waals surface area contributed by atoms with Crippen molar-refractivity contribution in [3.63, 3.8) is 0 Å². The van der Waals surface area contributed by atoms with Crippen LogP contribution in [-0.2, 0) is 11.3 Å². The minimum Gasteiger partial charge on any atom is -0.445 e. The average molecular weight is 236 g/mol. The Kier molecular flexibility index (Phi) is 4.37. The third-order valence-corrected chi connectivity index (χ3v) is 2.12. The summed E-state index contributed by atoms with van der Waals surface area (Å²) in [5.41, 5.74) is 1.65. The van der Waals surface area contributed by atoms with Crippen LogP contribution >= 0.6 is 0 Å². The predicted molar refractivity (Wildman–Crippen MR) is 69.1 cm³/mol. The molecule has 0 fully saturated rings. The van der Waals surface area contributed by atoms with Crippen LogP contribution in [0.2, 0.25) is 0 Å². The van der Waals surface area contributed by atoms with Gasteiger partial charge in [-0.2, -0.15) is 0 Å². The lowest BCUT2D eigenvalue weighted by molar-refractivity contribution is 0.131. The van der Waals surface area contributed by atoms with E-state index in [9.17, 15) is 4.79 Å². The quantitative estimate of drug-likeness (QED) is 0.848. The van der Waals surface area contributed by atoms with Crippen molar-refractivity contribution in [1.29, 1.82) is 0 Å². The highest BCUT2D eigenvalue weighted by molar-refractivity contribution is 5.68. The number of amides is 1. The van der Waals surface area contributed by atoms with Gasteiger partial charge in [0.2, 0.25) is 0 Å². The zero-order valence-electron chi connectivity index (χ0n) is 10.8. The first-order valence-electron chi connectivity index (χ1n) is 5.63. The van der Waals surface area contributed by atoms with E-state index in [0.717, 1.165) is 11.3 Å². The van der Waals surface area contributed by atoms with E-state index in [2.05, 4.69) is 10.6 Å². The Labute approximate surface area is 102 Å². The lowest BCUT2D eigenvalue weighted by atomic mass is 10.1. The van der Waals surface area contributed by atoms with Crippen molar-refractivity contribution in [3.05, 3.63) is 29.8 Å². The van der Waals surface area contributed by atoms with E-state index in [1.54, 1.807) is 0 Å². The maximum Gasteiger partial charge on any atom is 0.407 e. The molecule has 0 saturated carbocycles. The van der Waals surface area contributed by atoms with E-state index in [-0.39, 0.29) is 12.1 Å². The zero-order chi connectivity index (χ0) is 12.9. The molecule has 0 aliphatic carbocycles. The van der Waals surface area contributed by atoms with Crippen molar-refractivity contribution in [2.45, 2.75) is 32.9 Å². The van der Waals surface area contributed by atoms with Gasteiger partial charge in [-0.15, -0.1) is 0 Å². The molecule has 0 aliphatic rings. The van der Waals surface area contributed by atoms with Gasteiger partial charge in [-0.1, -0.05) is 18.2 Å². The van der Waals surface area contributed by atoms with Crippen LogP contribution in [0.1, 0.15) is 26.3 Å². The highest BCUT2D eigenvalue weighted by Crippen LogP contribution is 2.15. The number of carbonyl (C=O) groups is 1. The fraction of sp³-hybridized carbons (Fsp3) is 0.462. The van der Waals surface area contributed by atoms with Gasteiger partial charge in [0.05, 0.1) is 0 Å². The van der Waals surface area contributed by atoms with Crippen molar-refractivity contribution in [2.24, 2.45) is 0 Å². The molecular formula is C13H20N2O2. The summed E-state index contributed by atoms with van der Waals surface area (Å²) in [7, 11) is 1.84. The highest BCUT2D eigenvalue weighted by atomic mass is 16.5. The van der Waals surface area contributed by atoms with E-state index < -0.39 is 6.09 Å². The number of hydrogen-bond acceptors (Lipinski definition) is 3. The van der Waals surface area contributed by atoms with Gasteiger partial charge in [-0.3, -0.25) is 0 Å². The second-order valence-electron chi connectivity index (χ2n) is 4.86. The van der Waals surface area contributed by atoms with Gasteiger partial charge >= 0.3 is 6.09 Å². The van der Waals surface area contributed by atoms with Crippen molar-refractivity contribution < 1.29 is 9.53 Å². The van der Waals surface area contributed by atoms with Gasteiger partial charge in [0.15, 0.2) is 0 Å². The van der Waals surface area contributed by atoms with Crippen molar-refractivity contribution in [1.82, 2.24) is 5.32 Å². The molecule has 0 aliphatic heterocycles. The van der Waals surface area contributed by atoms with Crippen LogP contribution in [0, 0.1) is 0 Å². The summed E-state index contributed by atoms with van der Waals surface area (Å²) in [4.78, 5) is 11.5. The Morgan fingerprint density at radius 2 is 1.94 bits per heavy atom. The number of hydrogen-bond donors (Lipinski definition) is 2. The average Bonchev–Trinajstić information content (AvgIpc) is 2.24. The Hall–Kier alpha value is -1.71. The number of carbonyl (C=O) groups excluding carboxylic acids is 1. The standard InChI is InChI=1S/C13H20N2O2/c1-13(2,3)15-12(16)17-9-10-7-5-6-8-11(10)14-4/h5-8,14H,9H2,1-4H3,(H,15,16). The number of alkyl carbamates (subject to hydrolysis) is 1. The second kappa shape index (κ2) is 5.57. The van der Waals surface area contributed by atoms with Gasteiger partial charge in [0.1, 0.15) is 6.61 Å². The largest absolute Gasteiger partial charge is 0.445 e. The Balaban J connectivity index is 2.53. The van der Waals surface area contributed by atoms with Crippen molar-refractivity contribution in [3.8, 4) is 0 Å². The Bertz CT molecular complexity index is 383. The normalized spacial score (nSPS) is 10.8. The van der Waals surface area contributed by atoms with Crippen LogP contribution in [0.25, 0.3) is 0 Å². The van der Waals surface area contributed by atoms with Crippen LogP contribution in [-0.4, -0.2) is 18.7 Å². The lowest BCUT2D eigenvalue weighted by Crippen LogP contribution is -2.40. The van der Waals surface area contributed by atoms with Gasteiger partial charge in [0.25, 0.3) is 0 Å². The summed E-state index contributed by atoms with van der Waals surface area (Å²) >= 11 is 0. The van der Waals surface area contributed by atoms with Crippen LogP contribution in [0.4, 0.5) is 10.5 Å². The van der Waals surface area contributed by atoms with E-state index in [1.807, 2.05) is 52.1 Å². The molecule has 0 heterocycles. The fourth-order valence-corrected chi connectivity index (χ4v) is 1.38. The molecule has 1 aromatic carbocycles. The van der Waals surface area contributed by atoms with E-state index in [4.69, 9.17) is 4.74 Å². The summed E-state index contributed by atoms with van der Waals surface area (Å²) in [6.45, 7) is 6.00. The number of ether oxygens (including phenoxy) is 1. The molecule has 0 unspecified atom stereocenters. The maximum atomic E-state index is 11.5. The molecule has 94 valence electrons. The molecule has 1 rings (SSSR count). The molecule has 1 amide bonds. The smallest absolute Gasteiger partial charge is 0.407 e. The predicted octanol–water partition coefficient (Wildman–Crippen LogP) is 2.75. The first-order valence-corrected chi connectivity index (χ1v) is 5.63. The number of anilines is 1. The minimum absolute atomic E-state index is 0.263. The monoisotopic (exact) mass is 236 g/mol. The Morgan fingerprint density at radius 1 is 1.29 bits per heavy atom. The van der Waals surface area contributed by atoms with Crippen LogP contribution in [0.15, 0.2) is 24.3 Å². The highest BCUT2D eigenvalue weighted by Gasteiger charge is 2.14. The summed E-state index contributed by atoms with van der Waals surface area (Å²) in [6, 6.07) is 7.72. The van der Waals surface area contributed by atoms with Crippen molar-refractivity contribution in [2.75, 3.05) is 12.4 Å².